The SMILES string of the molecule is COc1ccc(C(N)c2cc(C)ccc2F)c(OC)c1Br. The van der Waals surface area contributed by atoms with Crippen LogP contribution in [0.5, 0.6) is 11.5 Å². The first-order valence-electron chi connectivity index (χ1n) is 6.41. The average Bonchev–Trinajstić information content (AvgIpc) is 2.48. The summed E-state index contributed by atoms with van der Waals surface area (Å²) in [5.41, 5.74) is 8.32. The normalized spacial score (nSPS) is 12.1. The lowest BCUT2D eigenvalue weighted by Crippen LogP contribution is -2.15. The van der Waals surface area contributed by atoms with Gasteiger partial charge in [-0.2, -0.15) is 0 Å². The predicted octanol–water partition coefficient (Wildman–Crippen LogP) is 3.96. The fraction of sp³-hybridized carbons (Fsp3) is 0.250. The van der Waals surface area contributed by atoms with Gasteiger partial charge in [-0.25, -0.2) is 4.39 Å². The Kier molecular flexibility index (Phi) is 4.85. The van der Waals surface area contributed by atoms with Gasteiger partial charge in [0.1, 0.15) is 21.8 Å². The number of benzene rings is 2. The summed E-state index contributed by atoms with van der Waals surface area (Å²) in [7, 11) is 3.11. The summed E-state index contributed by atoms with van der Waals surface area (Å²) < 4.78 is 25.3. The van der Waals surface area contributed by atoms with Gasteiger partial charge in [-0.05, 0) is 41.1 Å². The first-order chi connectivity index (χ1) is 9.99. The van der Waals surface area contributed by atoms with Crippen molar-refractivity contribution >= 4 is 15.9 Å². The van der Waals surface area contributed by atoms with Crippen LogP contribution in [0.25, 0.3) is 0 Å². The zero-order valence-electron chi connectivity index (χ0n) is 12.1. The average molecular weight is 354 g/mol. The highest BCUT2D eigenvalue weighted by molar-refractivity contribution is 9.10. The van der Waals surface area contributed by atoms with Gasteiger partial charge in [0.2, 0.25) is 0 Å². The van der Waals surface area contributed by atoms with Gasteiger partial charge in [0.05, 0.1) is 20.3 Å². The minimum atomic E-state index is -0.623. The molecule has 3 nitrogen and oxygen atoms in total. The van der Waals surface area contributed by atoms with Crippen molar-refractivity contribution < 1.29 is 13.9 Å². The summed E-state index contributed by atoms with van der Waals surface area (Å²) in [5.74, 6) is 0.845. The number of nitrogens with two attached hydrogens (primary N) is 1. The molecule has 0 heterocycles. The maximum atomic E-state index is 14.0. The molecule has 0 aromatic heterocycles. The van der Waals surface area contributed by atoms with Crippen LogP contribution in [0, 0.1) is 12.7 Å². The summed E-state index contributed by atoms with van der Waals surface area (Å²) in [6.45, 7) is 1.90. The van der Waals surface area contributed by atoms with E-state index in [9.17, 15) is 4.39 Å². The fourth-order valence-electron chi connectivity index (χ4n) is 2.23. The standard InChI is InChI=1S/C16H17BrFNO2/c1-9-4-6-12(18)11(8-9)15(19)10-5-7-13(20-2)14(17)16(10)21-3/h4-8,15H,19H2,1-3H3. The molecule has 0 saturated carbocycles. The zero-order valence-corrected chi connectivity index (χ0v) is 13.7. The van der Waals surface area contributed by atoms with Crippen LogP contribution in [0.4, 0.5) is 4.39 Å². The van der Waals surface area contributed by atoms with E-state index in [4.69, 9.17) is 15.2 Å². The monoisotopic (exact) mass is 353 g/mol. The summed E-state index contributed by atoms with van der Waals surface area (Å²) in [6, 6.07) is 7.83. The Morgan fingerprint density at radius 1 is 1.10 bits per heavy atom. The Morgan fingerprint density at radius 2 is 1.81 bits per heavy atom. The highest BCUT2D eigenvalue weighted by atomic mass is 79.9. The number of methoxy groups -OCH3 is 2. The van der Waals surface area contributed by atoms with Crippen LogP contribution >= 0.6 is 15.9 Å². The Balaban J connectivity index is 2.55. The Bertz CT molecular complexity index is 661. The van der Waals surface area contributed by atoms with Crippen molar-refractivity contribution in [2.24, 2.45) is 5.73 Å². The molecule has 2 aromatic rings. The first-order valence-corrected chi connectivity index (χ1v) is 7.21. The third-order valence-electron chi connectivity index (χ3n) is 3.34. The van der Waals surface area contributed by atoms with Crippen molar-refractivity contribution in [3.05, 3.63) is 57.3 Å². The van der Waals surface area contributed by atoms with Crippen LogP contribution in [0.1, 0.15) is 22.7 Å². The lowest BCUT2D eigenvalue weighted by atomic mass is 9.96. The summed E-state index contributed by atoms with van der Waals surface area (Å²) in [4.78, 5) is 0. The van der Waals surface area contributed by atoms with Crippen LogP contribution in [-0.2, 0) is 0 Å². The number of aryl methyl sites for hydroxylation is 1. The van der Waals surface area contributed by atoms with E-state index in [1.54, 1.807) is 38.5 Å². The van der Waals surface area contributed by atoms with Gasteiger partial charge >= 0.3 is 0 Å². The first kappa shape index (κ1) is 15.8. The van der Waals surface area contributed by atoms with Crippen molar-refractivity contribution in [1.82, 2.24) is 0 Å². The molecule has 0 aliphatic carbocycles. The molecule has 1 atom stereocenters. The highest BCUT2D eigenvalue weighted by Gasteiger charge is 2.21. The van der Waals surface area contributed by atoms with Gasteiger partial charge in [-0.3, -0.25) is 0 Å². The maximum absolute atomic E-state index is 14.0. The highest BCUT2D eigenvalue weighted by Crippen LogP contribution is 2.40. The second-order valence-corrected chi connectivity index (χ2v) is 5.50. The molecule has 1 unspecified atom stereocenters. The number of rotatable bonds is 4. The van der Waals surface area contributed by atoms with Gasteiger partial charge in [-0.1, -0.05) is 17.7 Å². The summed E-state index contributed by atoms with van der Waals surface area (Å²) >= 11 is 3.43. The van der Waals surface area contributed by atoms with E-state index in [0.717, 1.165) is 5.56 Å². The molecular weight excluding hydrogens is 337 g/mol. The molecular formula is C16H17BrFNO2. The molecule has 0 aliphatic heterocycles. The van der Waals surface area contributed by atoms with E-state index in [1.165, 1.54) is 6.07 Å². The van der Waals surface area contributed by atoms with E-state index >= 15 is 0 Å². The van der Waals surface area contributed by atoms with Gasteiger partial charge in [0.25, 0.3) is 0 Å². The predicted molar refractivity (Wildman–Crippen MR) is 84.4 cm³/mol. The summed E-state index contributed by atoms with van der Waals surface area (Å²) in [5, 5.41) is 0. The second-order valence-electron chi connectivity index (χ2n) is 4.71. The van der Waals surface area contributed by atoms with Gasteiger partial charge < -0.3 is 15.2 Å². The van der Waals surface area contributed by atoms with E-state index in [2.05, 4.69) is 15.9 Å². The maximum Gasteiger partial charge on any atom is 0.141 e. The fourth-order valence-corrected chi connectivity index (χ4v) is 2.92. The Morgan fingerprint density at radius 3 is 2.43 bits per heavy atom. The number of halogens is 2. The van der Waals surface area contributed by atoms with Crippen LogP contribution in [0.15, 0.2) is 34.8 Å². The van der Waals surface area contributed by atoms with Gasteiger partial charge in [0, 0.05) is 11.1 Å². The van der Waals surface area contributed by atoms with E-state index in [-0.39, 0.29) is 5.82 Å². The van der Waals surface area contributed by atoms with Crippen LogP contribution in [0.3, 0.4) is 0 Å². The van der Waals surface area contributed by atoms with Crippen LogP contribution in [0.2, 0.25) is 0 Å². The molecule has 0 saturated heterocycles. The quantitative estimate of drug-likeness (QED) is 0.904. The molecule has 0 amide bonds. The zero-order chi connectivity index (χ0) is 15.6. The topological polar surface area (TPSA) is 44.5 Å². The second kappa shape index (κ2) is 6.45. The molecule has 0 radical (unpaired) electrons. The van der Waals surface area contributed by atoms with Crippen molar-refractivity contribution in [3.63, 3.8) is 0 Å². The van der Waals surface area contributed by atoms with E-state index in [1.807, 2.05) is 6.92 Å². The number of hydrogen-bond acceptors (Lipinski definition) is 3. The van der Waals surface area contributed by atoms with Crippen LogP contribution in [-0.4, -0.2) is 14.2 Å². The van der Waals surface area contributed by atoms with E-state index in [0.29, 0.717) is 27.1 Å². The van der Waals surface area contributed by atoms with E-state index < -0.39 is 6.04 Å². The molecule has 2 N–H and O–H groups in total. The third kappa shape index (κ3) is 3.04. The Labute approximate surface area is 132 Å². The largest absolute Gasteiger partial charge is 0.495 e. The van der Waals surface area contributed by atoms with Gasteiger partial charge in [-0.15, -0.1) is 0 Å². The lowest BCUT2D eigenvalue weighted by Gasteiger charge is -2.19. The van der Waals surface area contributed by atoms with Crippen LogP contribution < -0.4 is 15.2 Å². The summed E-state index contributed by atoms with van der Waals surface area (Å²) in [6.07, 6.45) is 0. The molecule has 0 aliphatic rings. The van der Waals surface area contributed by atoms with Gasteiger partial charge in [0.15, 0.2) is 0 Å². The molecule has 0 bridgehead atoms. The van der Waals surface area contributed by atoms with Crippen molar-refractivity contribution in [1.29, 1.82) is 0 Å². The number of hydrogen-bond donors (Lipinski definition) is 1. The molecule has 5 heteroatoms. The van der Waals surface area contributed by atoms with Crippen molar-refractivity contribution in [2.75, 3.05) is 14.2 Å². The minimum Gasteiger partial charge on any atom is -0.495 e. The Hall–Kier alpha value is -1.59. The van der Waals surface area contributed by atoms with Crippen molar-refractivity contribution in [3.8, 4) is 11.5 Å². The molecule has 2 aromatic carbocycles. The molecule has 2 rings (SSSR count). The number of ether oxygens (including phenoxy) is 2. The molecule has 112 valence electrons. The third-order valence-corrected chi connectivity index (χ3v) is 4.09. The van der Waals surface area contributed by atoms with Crippen molar-refractivity contribution in [2.45, 2.75) is 13.0 Å². The lowest BCUT2D eigenvalue weighted by molar-refractivity contribution is 0.384. The minimum absolute atomic E-state index is 0.331. The molecule has 0 spiro atoms. The molecule has 21 heavy (non-hydrogen) atoms. The molecule has 0 fully saturated rings. The smallest absolute Gasteiger partial charge is 0.141 e.